The second-order valence-electron chi connectivity index (χ2n) is 9.09. The summed E-state index contributed by atoms with van der Waals surface area (Å²) >= 11 is 0. The van der Waals surface area contributed by atoms with Crippen molar-refractivity contribution in [2.45, 2.75) is 45.5 Å². The van der Waals surface area contributed by atoms with Crippen molar-refractivity contribution >= 4 is 22.6 Å². The zero-order valence-electron chi connectivity index (χ0n) is 19.2. The molecule has 1 aliphatic heterocycles. The van der Waals surface area contributed by atoms with Gasteiger partial charge in [-0.1, -0.05) is 13.8 Å². The number of aromatic nitrogens is 3. The van der Waals surface area contributed by atoms with Crippen LogP contribution in [-0.4, -0.2) is 57.6 Å². The number of pyridine rings is 2. The molecule has 0 aliphatic carbocycles. The van der Waals surface area contributed by atoms with Gasteiger partial charge in [-0.3, -0.25) is 14.7 Å². The molecule has 10 heteroatoms. The highest BCUT2D eigenvalue weighted by Gasteiger charge is 2.30. The van der Waals surface area contributed by atoms with Crippen LogP contribution in [0.25, 0.3) is 22.2 Å². The molecule has 3 aromatic rings. The van der Waals surface area contributed by atoms with Crippen LogP contribution in [0, 0.1) is 5.92 Å². The highest BCUT2D eigenvalue weighted by Crippen LogP contribution is 2.30. The van der Waals surface area contributed by atoms with Crippen LogP contribution in [0.1, 0.15) is 32.3 Å². The second-order valence-corrected chi connectivity index (χ2v) is 9.09. The molecule has 0 spiro atoms. The number of nitrogens with zero attached hydrogens (tertiary/aromatic N) is 3. The molecule has 0 aromatic carbocycles. The van der Waals surface area contributed by atoms with E-state index < -0.39 is 24.7 Å². The lowest BCUT2D eigenvalue weighted by atomic mass is 10.0. The van der Waals surface area contributed by atoms with E-state index in [1.807, 2.05) is 23.8 Å². The number of amides is 1. The quantitative estimate of drug-likeness (QED) is 0.452. The van der Waals surface area contributed by atoms with Gasteiger partial charge in [-0.2, -0.15) is 13.2 Å². The molecular weight excluding hydrogens is 445 g/mol. The lowest BCUT2D eigenvalue weighted by molar-refractivity contribution is -0.139. The standard InChI is InChI=1S/C24H29F3N6O/c1-15(2)21(23(34)31-14-24(25,26)27)32-18-8-17(10-28-11-18)20-12-30-22-19(20)7-16(9-29-22)13-33-5-3-4-6-33/h7-12,15,21,32H,3-6,13-14H2,1-2H3,(H,29,30)(H,31,34)/t21-/m1/s1. The van der Waals surface area contributed by atoms with E-state index in [1.54, 1.807) is 26.2 Å². The van der Waals surface area contributed by atoms with Gasteiger partial charge in [0.05, 0.1) is 5.69 Å². The molecule has 3 aromatic heterocycles. The van der Waals surface area contributed by atoms with Crippen molar-refractivity contribution in [3.8, 4) is 11.1 Å². The maximum Gasteiger partial charge on any atom is 0.405 e. The van der Waals surface area contributed by atoms with Crippen LogP contribution in [-0.2, 0) is 11.3 Å². The van der Waals surface area contributed by atoms with Crippen molar-refractivity contribution < 1.29 is 18.0 Å². The Morgan fingerprint density at radius 3 is 2.65 bits per heavy atom. The maximum atomic E-state index is 12.5. The Balaban J connectivity index is 1.54. The summed E-state index contributed by atoms with van der Waals surface area (Å²) < 4.78 is 37.6. The lowest BCUT2D eigenvalue weighted by Gasteiger charge is -2.23. The molecule has 7 nitrogen and oxygen atoms in total. The number of H-pyrrole nitrogens is 1. The van der Waals surface area contributed by atoms with E-state index >= 15 is 0 Å². The molecule has 3 N–H and O–H groups in total. The molecule has 0 bridgehead atoms. The fourth-order valence-electron chi connectivity index (χ4n) is 4.25. The third-order valence-electron chi connectivity index (χ3n) is 5.98. The van der Waals surface area contributed by atoms with Crippen molar-refractivity contribution in [1.82, 2.24) is 25.2 Å². The summed E-state index contributed by atoms with van der Waals surface area (Å²) in [7, 11) is 0. The summed E-state index contributed by atoms with van der Waals surface area (Å²) in [4.78, 5) is 26.9. The first kappa shape index (κ1) is 24.0. The number of carbonyl (C=O) groups excluding carboxylic acids is 1. The molecule has 1 fully saturated rings. The van der Waals surface area contributed by atoms with Gasteiger partial charge >= 0.3 is 6.18 Å². The van der Waals surface area contributed by atoms with Crippen LogP contribution in [0.2, 0.25) is 0 Å². The van der Waals surface area contributed by atoms with Gasteiger partial charge in [0.15, 0.2) is 0 Å². The summed E-state index contributed by atoms with van der Waals surface area (Å²) in [5.74, 6) is -0.942. The average Bonchev–Trinajstić information content (AvgIpc) is 3.45. The Hall–Kier alpha value is -3.14. The number of nitrogens with one attached hydrogen (secondary N) is 3. The van der Waals surface area contributed by atoms with Crippen LogP contribution in [0.15, 0.2) is 36.9 Å². The Labute approximate surface area is 196 Å². The van der Waals surface area contributed by atoms with Gasteiger partial charge < -0.3 is 15.6 Å². The number of hydrogen-bond acceptors (Lipinski definition) is 5. The number of carbonyl (C=O) groups is 1. The Bertz CT molecular complexity index is 1140. The minimum atomic E-state index is -4.46. The normalized spacial score (nSPS) is 15.7. The van der Waals surface area contributed by atoms with E-state index in [1.165, 1.54) is 12.8 Å². The second kappa shape index (κ2) is 10.0. The summed E-state index contributed by atoms with van der Waals surface area (Å²) in [6.45, 7) is 5.24. The minimum absolute atomic E-state index is 0.234. The molecule has 1 atom stereocenters. The van der Waals surface area contributed by atoms with Crippen LogP contribution in [0.5, 0.6) is 0 Å². The van der Waals surface area contributed by atoms with E-state index in [-0.39, 0.29) is 5.92 Å². The number of alkyl halides is 3. The topological polar surface area (TPSA) is 85.9 Å². The average molecular weight is 475 g/mol. The molecule has 1 amide bonds. The monoisotopic (exact) mass is 474 g/mol. The smallest absolute Gasteiger partial charge is 0.372 e. The first-order chi connectivity index (χ1) is 16.2. The van der Waals surface area contributed by atoms with Crippen LogP contribution < -0.4 is 10.6 Å². The number of halogens is 3. The highest BCUT2D eigenvalue weighted by molar-refractivity contribution is 5.94. The maximum absolute atomic E-state index is 12.5. The molecule has 0 radical (unpaired) electrons. The van der Waals surface area contributed by atoms with E-state index in [2.05, 4.69) is 31.2 Å². The SMILES string of the molecule is CC(C)[C@@H](Nc1cncc(-c2c[nH]c3ncc(CN4CCCC4)cc23)c1)C(=O)NCC(F)(F)F. The lowest BCUT2D eigenvalue weighted by Crippen LogP contribution is -2.46. The van der Waals surface area contributed by atoms with E-state index in [9.17, 15) is 18.0 Å². The van der Waals surface area contributed by atoms with Gasteiger partial charge in [-0.25, -0.2) is 4.98 Å². The molecular formula is C24H29F3N6O. The van der Waals surface area contributed by atoms with Gasteiger partial charge in [-0.05, 0) is 49.5 Å². The first-order valence-electron chi connectivity index (χ1n) is 11.4. The Kier molecular flexibility index (Phi) is 7.06. The van der Waals surface area contributed by atoms with Crippen molar-refractivity contribution in [3.05, 3.63) is 42.5 Å². The molecule has 182 valence electrons. The van der Waals surface area contributed by atoms with Gasteiger partial charge in [-0.15, -0.1) is 0 Å². The number of likely N-dealkylation sites (tertiary alicyclic amines) is 1. The number of hydrogen-bond donors (Lipinski definition) is 3. The van der Waals surface area contributed by atoms with E-state index in [0.29, 0.717) is 5.69 Å². The van der Waals surface area contributed by atoms with Crippen LogP contribution in [0.3, 0.4) is 0 Å². The number of aromatic amines is 1. The fraction of sp³-hybridized carbons (Fsp3) is 0.458. The first-order valence-corrected chi connectivity index (χ1v) is 11.4. The molecule has 4 heterocycles. The highest BCUT2D eigenvalue weighted by atomic mass is 19.4. The summed E-state index contributed by atoms with van der Waals surface area (Å²) in [6, 6.07) is 3.14. The summed E-state index contributed by atoms with van der Waals surface area (Å²) in [5, 5.41) is 5.98. The van der Waals surface area contributed by atoms with Crippen molar-refractivity contribution in [1.29, 1.82) is 0 Å². The molecule has 0 saturated carbocycles. The summed E-state index contributed by atoms with van der Waals surface area (Å²) in [6.07, 6.45) is 5.02. The number of fused-ring (bicyclic) bond motifs is 1. The van der Waals surface area contributed by atoms with Crippen molar-refractivity contribution in [3.63, 3.8) is 0 Å². The molecule has 1 saturated heterocycles. The Morgan fingerprint density at radius 1 is 1.18 bits per heavy atom. The number of anilines is 1. The molecule has 1 aliphatic rings. The summed E-state index contributed by atoms with van der Waals surface area (Å²) in [5.41, 5.74) is 4.19. The third-order valence-corrected chi connectivity index (χ3v) is 5.98. The molecule has 4 rings (SSSR count). The predicted octanol–water partition coefficient (Wildman–Crippen LogP) is 4.34. The van der Waals surface area contributed by atoms with Gasteiger partial charge in [0.25, 0.3) is 0 Å². The number of rotatable bonds is 8. The zero-order chi connectivity index (χ0) is 24.3. The van der Waals surface area contributed by atoms with Gasteiger partial charge in [0.1, 0.15) is 18.2 Å². The van der Waals surface area contributed by atoms with Gasteiger partial charge in [0, 0.05) is 47.8 Å². The van der Waals surface area contributed by atoms with Crippen LogP contribution >= 0.6 is 0 Å². The predicted molar refractivity (Wildman–Crippen MR) is 125 cm³/mol. The largest absolute Gasteiger partial charge is 0.405 e. The third kappa shape index (κ3) is 5.85. The fourth-order valence-corrected chi connectivity index (χ4v) is 4.25. The van der Waals surface area contributed by atoms with Crippen molar-refractivity contribution in [2.75, 3.05) is 25.0 Å². The molecule has 0 unspecified atom stereocenters. The van der Waals surface area contributed by atoms with Gasteiger partial charge in [0.2, 0.25) is 5.91 Å². The zero-order valence-corrected chi connectivity index (χ0v) is 19.2. The van der Waals surface area contributed by atoms with E-state index in [4.69, 9.17) is 0 Å². The Morgan fingerprint density at radius 2 is 1.94 bits per heavy atom. The minimum Gasteiger partial charge on any atom is -0.372 e. The van der Waals surface area contributed by atoms with Crippen LogP contribution in [0.4, 0.5) is 18.9 Å². The van der Waals surface area contributed by atoms with Crippen molar-refractivity contribution in [2.24, 2.45) is 5.92 Å². The van der Waals surface area contributed by atoms with E-state index in [0.717, 1.165) is 47.4 Å². The molecule has 34 heavy (non-hydrogen) atoms.